The lowest BCUT2D eigenvalue weighted by Gasteiger charge is -2.38. The van der Waals surface area contributed by atoms with Crippen LogP contribution in [0.4, 0.5) is 14.5 Å². The molecule has 0 saturated carbocycles. The molecule has 2 amide bonds. The number of carbonyl (C=O) groups is 3. The highest BCUT2D eigenvalue weighted by molar-refractivity contribution is 6.10. The van der Waals surface area contributed by atoms with Crippen LogP contribution in [0.5, 0.6) is 5.75 Å². The Kier molecular flexibility index (Phi) is 8.06. The van der Waals surface area contributed by atoms with E-state index in [1.54, 1.807) is 11.8 Å². The molecule has 0 bridgehead atoms. The van der Waals surface area contributed by atoms with E-state index in [1.165, 1.54) is 13.2 Å². The summed E-state index contributed by atoms with van der Waals surface area (Å²) in [5, 5.41) is 2.72. The number of halogens is 2. The van der Waals surface area contributed by atoms with Gasteiger partial charge in [-0.15, -0.1) is 0 Å². The maximum Gasteiger partial charge on any atom is 0.228 e. The van der Waals surface area contributed by atoms with Crippen LogP contribution in [0.25, 0.3) is 0 Å². The van der Waals surface area contributed by atoms with Gasteiger partial charge in [0.25, 0.3) is 0 Å². The number of nitrogens with one attached hydrogen (secondary N) is 1. The lowest BCUT2D eigenvalue weighted by molar-refractivity contribution is -0.139. The molecule has 8 nitrogen and oxygen atoms in total. The van der Waals surface area contributed by atoms with E-state index in [1.807, 2.05) is 35.2 Å². The van der Waals surface area contributed by atoms with E-state index in [9.17, 15) is 23.2 Å². The van der Waals surface area contributed by atoms with Crippen LogP contribution in [-0.4, -0.2) is 67.9 Å². The topological polar surface area (TPSA) is 88.2 Å². The number of methoxy groups -OCH3 is 1. The minimum absolute atomic E-state index is 0.0903. The molecule has 10 heteroatoms. The van der Waals surface area contributed by atoms with Gasteiger partial charge in [0.05, 0.1) is 38.2 Å². The van der Waals surface area contributed by atoms with Gasteiger partial charge in [0, 0.05) is 44.0 Å². The SMILES string of the molecule is COc1cc(N2CCN(C(=O)[C@@H](COCc3ccccc3)C[C@@]3(C)NC(=O)CC3=O)CC2)cc(F)c1F. The highest BCUT2D eigenvalue weighted by Crippen LogP contribution is 2.29. The normalized spacial score (nSPS) is 20.6. The van der Waals surface area contributed by atoms with Crippen molar-refractivity contribution in [1.82, 2.24) is 10.2 Å². The summed E-state index contributed by atoms with van der Waals surface area (Å²) in [6.07, 6.45) is -0.0650. The molecule has 0 unspecified atom stereocenters. The van der Waals surface area contributed by atoms with Gasteiger partial charge < -0.3 is 24.6 Å². The van der Waals surface area contributed by atoms with Gasteiger partial charge in [0.2, 0.25) is 17.6 Å². The molecule has 0 spiro atoms. The van der Waals surface area contributed by atoms with Crippen molar-refractivity contribution >= 4 is 23.3 Å². The molecule has 198 valence electrons. The number of hydrogen-bond acceptors (Lipinski definition) is 6. The number of amides is 2. The molecule has 2 aliphatic rings. The maximum absolute atomic E-state index is 14.0. The predicted molar refractivity (Wildman–Crippen MR) is 132 cm³/mol. The van der Waals surface area contributed by atoms with Crippen molar-refractivity contribution in [3.8, 4) is 5.75 Å². The third-order valence-electron chi connectivity index (χ3n) is 6.94. The Morgan fingerprint density at radius 1 is 1.11 bits per heavy atom. The Balaban J connectivity index is 1.43. The van der Waals surface area contributed by atoms with Gasteiger partial charge in [-0.1, -0.05) is 30.3 Å². The molecule has 0 radical (unpaired) electrons. The molecule has 0 aromatic heterocycles. The van der Waals surface area contributed by atoms with Crippen molar-refractivity contribution in [2.75, 3.05) is 44.8 Å². The number of rotatable bonds is 9. The Morgan fingerprint density at radius 2 is 1.81 bits per heavy atom. The van der Waals surface area contributed by atoms with E-state index >= 15 is 0 Å². The molecule has 2 aliphatic heterocycles. The molecule has 0 aliphatic carbocycles. The number of ether oxygens (including phenoxy) is 2. The fraction of sp³-hybridized carbons (Fsp3) is 0.444. The molecule has 2 aromatic carbocycles. The zero-order chi connectivity index (χ0) is 26.6. The third kappa shape index (κ3) is 6.07. The zero-order valence-electron chi connectivity index (χ0n) is 21.0. The molecule has 37 heavy (non-hydrogen) atoms. The van der Waals surface area contributed by atoms with Gasteiger partial charge in [0.15, 0.2) is 17.3 Å². The van der Waals surface area contributed by atoms with Crippen LogP contribution in [0.1, 0.15) is 25.3 Å². The van der Waals surface area contributed by atoms with Crippen LogP contribution in [0, 0.1) is 17.6 Å². The smallest absolute Gasteiger partial charge is 0.228 e. The standard InChI is InChI=1S/C27H31F2N3O5/c1-27(23(33)14-24(34)30-27)15-19(17-37-16-18-6-4-3-5-7-18)26(35)32-10-8-31(9-11-32)20-12-21(28)25(29)22(13-20)36-2/h3-7,12-13,19H,8-11,14-17H2,1-2H3,(H,30,34)/t19-,27-/m1/s1. The minimum atomic E-state index is -1.13. The third-order valence-corrected chi connectivity index (χ3v) is 6.94. The summed E-state index contributed by atoms with van der Waals surface area (Å²) in [6, 6.07) is 12.1. The van der Waals surface area contributed by atoms with Crippen molar-refractivity contribution in [3.05, 3.63) is 59.7 Å². The summed E-state index contributed by atoms with van der Waals surface area (Å²) >= 11 is 0. The summed E-state index contributed by atoms with van der Waals surface area (Å²) in [4.78, 5) is 41.5. The molecule has 2 fully saturated rings. The van der Waals surface area contributed by atoms with E-state index < -0.39 is 23.1 Å². The van der Waals surface area contributed by atoms with Crippen molar-refractivity contribution < 1.29 is 32.6 Å². The number of piperazine rings is 1. The first kappa shape index (κ1) is 26.5. The quantitative estimate of drug-likeness (QED) is 0.517. The summed E-state index contributed by atoms with van der Waals surface area (Å²) in [7, 11) is 1.27. The average molecular weight is 516 g/mol. The highest BCUT2D eigenvalue weighted by atomic mass is 19.2. The van der Waals surface area contributed by atoms with Crippen LogP contribution in [0.2, 0.25) is 0 Å². The monoisotopic (exact) mass is 515 g/mol. The number of nitrogens with zero attached hydrogens (tertiary/aromatic N) is 2. The largest absolute Gasteiger partial charge is 0.493 e. The molecular formula is C27H31F2N3O5. The Hall–Kier alpha value is -3.53. The van der Waals surface area contributed by atoms with Crippen LogP contribution in [0.3, 0.4) is 0 Å². The van der Waals surface area contributed by atoms with Gasteiger partial charge in [-0.2, -0.15) is 4.39 Å². The number of Topliss-reactive ketones (excluding diaryl/α,β-unsaturated/α-hetero) is 1. The van der Waals surface area contributed by atoms with E-state index in [4.69, 9.17) is 9.47 Å². The van der Waals surface area contributed by atoms with Crippen LogP contribution >= 0.6 is 0 Å². The Bertz CT molecular complexity index is 1150. The van der Waals surface area contributed by atoms with Gasteiger partial charge in [-0.25, -0.2) is 4.39 Å². The fourth-order valence-corrected chi connectivity index (χ4v) is 4.86. The van der Waals surface area contributed by atoms with Crippen LogP contribution < -0.4 is 15.0 Å². The number of anilines is 1. The number of ketones is 1. The number of carbonyl (C=O) groups excluding carboxylic acids is 3. The Labute approximate surface area is 214 Å². The predicted octanol–water partition coefficient (Wildman–Crippen LogP) is 2.69. The number of hydrogen-bond donors (Lipinski definition) is 1. The average Bonchev–Trinajstić information content (AvgIpc) is 3.15. The zero-order valence-corrected chi connectivity index (χ0v) is 21.0. The van der Waals surface area contributed by atoms with Crippen molar-refractivity contribution in [2.24, 2.45) is 5.92 Å². The number of benzene rings is 2. The van der Waals surface area contributed by atoms with Gasteiger partial charge in [-0.3, -0.25) is 14.4 Å². The van der Waals surface area contributed by atoms with Crippen molar-refractivity contribution in [2.45, 2.75) is 31.9 Å². The van der Waals surface area contributed by atoms with E-state index in [0.29, 0.717) is 38.5 Å². The van der Waals surface area contributed by atoms with Crippen LogP contribution in [0.15, 0.2) is 42.5 Å². The maximum atomic E-state index is 14.0. The highest BCUT2D eigenvalue weighted by Gasteiger charge is 2.45. The van der Waals surface area contributed by atoms with Gasteiger partial charge in [0.1, 0.15) is 0 Å². The first-order chi connectivity index (χ1) is 17.7. The molecule has 2 atom stereocenters. The molecule has 2 aromatic rings. The van der Waals surface area contributed by atoms with Crippen molar-refractivity contribution in [1.29, 1.82) is 0 Å². The molecule has 2 heterocycles. The van der Waals surface area contributed by atoms with Crippen LogP contribution in [-0.2, 0) is 25.7 Å². The minimum Gasteiger partial charge on any atom is -0.493 e. The first-order valence-electron chi connectivity index (χ1n) is 12.2. The lowest BCUT2D eigenvalue weighted by atomic mass is 9.86. The van der Waals surface area contributed by atoms with Gasteiger partial charge in [-0.05, 0) is 18.9 Å². The lowest BCUT2D eigenvalue weighted by Crippen LogP contribution is -2.53. The second kappa shape index (κ2) is 11.2. The van der Waals surface area contributed by atoms with E-state index in [0.717, 1.165) is 11.6 Å². The summed E-state index contributed by atoms with van der Waals surface area (Å²) < 4.78 is 38.6. The fourth-order valence-electron chi connectivity index (χ4n) is 4.86. The summed E-state index contributed by atoms with van der Waals surface area (Å²) in [5.74, 6) is -3.63. The van der Waals surface area contributed by atoms with Crippen molar-refractivity contribution in [3.63, 3.8) is 0 Å². The van der Waals surface area contributed by atoms with Gasteiger partial charge >= 0.3 is 0 Å². The molecule has 2 saturated heterocycles. The van der Waals surface area contributed by atoms with E-state index in [2.05, 4.69) is 5.32 Å². The Morgan fingerprint density at radius 3 is 2.43 bits per heavy atom. The second-order valence-electron chi connectivity index (χ2n) is 9.64. The first-order valence-corrected chi connectivity index (χ1v) is 12.2. The summed E-state index contributed by atoms with van der Waals surface area (Å²) in [6.45, 7) is 3.57. The van der Waals surface area contributed by atoms with E-state index in [-0.39, 0.29) is 42.8 Å². The summed E-state index contributed by atoms with van der Waals surface area (Å²) in [5.41, 5.74) is 0.301. The second-order valence-corrected chi connectivity index (χ2v) is 9.64. The molecule has 4 rings (SSSR count). The molecular weight excluding hydrogens is 484 g/mol. The molecule has 1 N–H and O–H groups in total.